The minimum absolute atomic E-state index is 0.114. The van der Waals surface area contributed by atoms with E-state index in [-0.39, 0.29) is 11.1 Å². The van der Waals surface area contributed by atoms with Gasteiger partial charge in [-0.05, 0) is 25.1 Å². The molecule has 3 heteroatoms. The first-order valence-electron chi connectivity index (χ1n) is 6.54. The number of hydrogen-bond acceptors (Lipinski definition) is 2. The van der Waals surface area contributed by atoms with Crippen molar-refractivity contribution in [3.8, 4) is 0 Å². The number of aliphatic hydroxyl groups is 1. The summed E-state index contributed by atoms with van der Waals surface area (Å²) in [6.45, 7) is 22.4. The predicted molar refractivity (Wildman–Crippen MR) is 82.3 cm³/mol. The number of hydrogen-bond donors (Lipinski definition) is 1. The van der Waals surface area contributed by atoms with E-state index in [0.717, 1.165) is 0 Å². The third kappa shape index (κ3) is 3.80. The Kier molecular flexibility index (Phi) is 5.60. The molecule has 2 nitrogen and oxygen atoms in total. The summed E-state index contributed by atoms with van der Waals surface area (Å²) in [4.78, 5) is 0. The van der Waals surface area contributed by atoms with Gasteiger partial charge in [0.15, 0.2) is 8.32 Å². The molecule has 0 unspecified atom stereocenters. The van der Waals surface area contributed by atoms with Crippen molar-refractivity contribution in [3.05, 3.63) is 25.3 Å². The molecule has 0 heterocycles. The standard InChI is InChI=1S/C15H30O2Si/c1-10-15(7,11-2)13(12(3)16)17-18(8,9)14(4,5)6/h10-13,16H,1-2H2,3-9H3/t12-,13-/m0/s1. The Morgan fingerprint density at radius 2 is 1.50 bits per heavy atom. The van der Waals surface area contributed by atoms with Crippen LogP contribution in [0.25, 0.3) is 0 Å². The highest BCUT2D eigenvalue weighted by Gasteiger charge is 2.44. The number of aliphatic hydroxyl groups excluding tert-OH is 1. The van der Waals surface area contributed by atoms with Crippen LogP contribution in [-0.4, -0.2) is 25.6 Å². The molecule has 0 aromatic carbocycles. The second kappa shape index (κ2) is 5.72. The zero-order valence-corrected chi connectivity index (χ0v) is 14.1. The van der Waals surface area contributed by atoms with Gasteiger partial charge in [-0.3, -0.25) is 0 Å². The summed E-state index contributed by atoms with van der Waals surface area (Å²) >= 11 is 0. The second-order valence-corrected chi connectivity index (χ2v) is 11.6. The SMILES string of the molecule is C=CC(C)(C=C)[C@@H](O[Si](C)(C)C(C)(C)C)[C@H](C)O. The molecule has 0 bridgehead atoms. The quantitative estimate of drug-likeness (QED) is 0.581. The van der Waals surface area contributed by atoms with Gasteiger partial charge >= 0.3 is 0 Å². The normalized spacial score (nSPS) is 17.1. The Labute approximate surface area is 114 Å². The third-order valence-electron chi connectivity index (χ3n) is 4.16. The molecule has 0 aromatic heterocycles. The van der Waals surface area contributed by atoms with Crippen molar-refractivity contribution in [1.29, 1.82) is 0 Å². The van der Waals surface area contributed by atoms with Crippen LogP contribution in [0.3, 0.4) is 0 Å². The van der Waals surface area contributed by atoms with E-state index in [1.165, 1.54) is 0 Å². The predicted octanol–water partition coefficient (Wildman–Crippen LogP) is 4.14. The van der Waals surface area contributed by atoms with Crippen molar-refractivity contribution in [1.82, 2.24) is 0 Å². The minimum Gasteiger partial charge on any atom is -0.410 e. The van der Waals surface area contributed by atoms with Crippen LogP contribution in [0.1, 0.15) is 34.6 Å². The lowest BCUT2D eigenvalue weighted by Crippen LogP contribution is -2.51. The van der Waals surface area contributed by atoms with Crippen LogP contribution in [0.5, 0.6) is 0 Å². The Morgan fingerprint density at radius 3 is 1.72 bits per heavy atom. The van der Waals surface area contributed by atoms with E-state index in [9.17, 15) is 5.11 Å². The maximum Gasteiger partial charge on any atom is 0.192 e. The van der Waals surface area contributed by atoms with E-state index in [1.54, 1.807) is 6.92 Å². The van der Waals surface area contributed by atoms with Crippen LogP contribution in [0.15, 0.2) is 25.3 Å². The molecule has 0 aromatic rings. The summed E-state index contributed by atoms with van der Waals surface area (Å²) in [6.07, 6.45) is 2.77. The lowest BCUT2D eigenvalue weighted by atomic mass is 9.82. The van der Waals surface area contributed by atoms with Gasteiger partial charge in [-0.25, -0.2) is 0 Å². The van der Waals surface area contributed by atoms with E-state index in [4.69, 9.17) is 4.43 Å². The molecule has 18 heavy (non-hydrogen) atoms. The molecule has 0 rings (SSSR count). The molecule has 0 saturated carbocycles. The Balaban J connectivity index is 5.31. The summed E-state index contributed by atoms with van der Waals surface area (Å²) in [6, 6.07) is 0. The minimum atomic E-state index is -1.93. The fourth-order valence-electron chi connectivity index (χ4n) is 1.55. The van der Waals surface area contributed by atoms with Gasteiger partial charge in [-0.2, -0.15) is 0 Å². The highest BCUT2D eigenvalue weighted by molar-refractivity contribution is 6.74. The van der Waals surface area contributed by atoms with E-state index >= 15 is 0 Å². The van der Waals surface area contributed by atoms with Crippen LogP contribution in [0.2, 0.25) is 18.1 Å². The average molecular weight is 270 g/mol. The molecule has 0 saturated heterocycles. The van der Waals surface area contributed by atoms with Crippen molar-refractivity contribution in [2.75, 3.05) is 0 Å². The Morgan fingerprint density at radius 1 is 1.11 bits per heavy atom. The molecule has 106 valence electrons. The van der Waals surface area contributed by atoms with Crippen LogP contribution < -0.4 is 0 Å². The van der Waals surface area contributed by atoms with Gasteiger partial charge in [0.2, 0.25) is 0 Å². The van der Waals surface area contributed by atoms with E-state index < -0.39 is 19.8 Å². The summed E-state index contributed by atoms with van der Waals surface area (Å²) in [5.41, 5.74) is -0.413. The molecular formula is C15H30O2Si. The van der Waals surface area contributed by atoms with E-state index in [2.05, 4.69) is 47.0 Å². The van der Waals surface area contributed by atoms with Crippen LogP contribution >= 0.6 is 0 Å². The van der Waals surface area contributed by atoms with Gasteiger partial charge in [0.1, 0.15) is 0 Å². The van der Waals surface area contributed by atoms with Crippen LogP contribution in [0.4, 0.5) is 0 Å². The Bertz CT molecular complexity index is 292. The lowest BCUT2D eigenvalue weighted by Gasteiger charge is -2.44. The highest BCUT2D eigenvalue weighted by Crippen LogP contribution is 2.41. The fraction of sp³-hybridized carbons (Fsp3) is 0.733. The molecule has 0 aliphatic rings. The number of rotatable bonds is 6. The third-order valence-corrected chi connectivity index (χ3v) is 8.61. The monoisotopic (exact) mass is 270 g/mol. The molecule has 0 amide bonds. The zero-order chi connectivity index (χ0) is 14.8. The van der Waals surface area contributed by atoms with E-state index in [0.29, 0.717) is 0 Å². The van der Waals surface area contributed by atoms with Gasteiger partial charge in [0.05, 0.1) is 12.2 Å². The van der Waals surface area contributed by atoms with Gasteiger partial charge in [0.25, 0.3) is 0 Å². The van der Waals surface area contributed by atoms with Crippen molar-refractivity contribution >= 4 is 8.32 Å². The smallest absolute Gasteiger partial charge is 0.192 e. The van der Waals surface area contributed by atoms with Gasteiger partial charge in [-0.15, -0.1) is 13.2 Å². The zero-order valence-electron chi connectivity index (χ0n) is 13.1. The highest BCUT2D eigenvalue weighted by atomic mass is 28.4. The van der Waals surface area contributed by atoms with Gasteiger partial charge in [-0.1, -0.05) is 39.8 Å². The van der Waals surface area contributed by atoms with Gasteiger partial charge in [0, 0.05) is 5.41 Å². The van der Waals surface area contributed by atoms with Crippen molar-refractivity contribution < 1.29 is 9.53 Å². The summed E-state index contributed by atoms with van der Waals surface area (Å²) in [5, 5.41) is 10.2. The van der Waals surface area contributed by atoms with Crippen LogP contribution in [0, 0.1) is 5.41 Å². The topological polar surface area (TPSA) is 29.5 Å². The molecular weight excluding hydrogens is 240 g/mol. The van der Waals surface area contributed by atoms with E-state index in [1.807, 2.05) is 19.1 Å². The summed E-state index contributed by atoms with van der Waals surface area (Å²) in [5.74, 6) is 0. The first kappa shape index (κ1) is 17.6. The average Bonchev–Trinajstić information content (AvgIpc) is 2.23. The molecule has 1 N–H and O–H groups in total. The van der Waals surface area contributed by atoms with Crippen molar-refractivity contribution in [2.45, 2.75) is 65.0 Å². The lowest BCUT2D eigenvalue weighted by molar-refractivity contribution is -0.00446. The van der Waals surface area contributed by atoms with Gasteiger partial charge < -0.3 is 9.53 Å². The molecule has 0 fully saturated rings. The summed E-state index contributed by atoms with van der Waals surface area (Å²) < 4.78 is 6.36. The largest absolute Gasteiger partial charge is 0.410 e. The first-order chi connectivity index (χ1) is 7.91. The van der Waals surface area contributed by atoms with Crippen molar-refractivity contribution in [2.24, 2.45) is 5.41 Å². The molecule has 0 aliphatic heterocycles. The maximum absolute atomic E-state index is 10.0. The first-order valence-corrected chi connectivity index (χ1v) is 9.45. The molecule has 2 atom stereocenters. The van der Waals surface area contributed by atoms with Crippen molar-refractivity contribution in [3.63, 3.8) is 0 Å². The second-order valence-electron chi connectivity index (χ2n) is 6.81. The molecule has 0 spiro atoms. The summed E-state index contributed by atoms with van der Waals surface area (Å²) in [7, 11) is -1.93. The molecule has 0 radical (unpaired) electrons. The molecule has 0 aliphatic carbocycles. The Hall–Kier alpha value is -0.383. The maximum atomic E-state index is 10.0. The van der Waals surface area contributed by atoms with Crippen LogP contribution in [-0.2, 0) is 4.43 Å². The fourth-order valence-corrected chi connectivity index (χ4v) is 2.99.